The highest BCUT2D eigenvalue weighted by Crippen LogP contribution is 2.42. The van der Waals surface area contributed by atoms with Crippen molar-refractivity contribution < 1.29 is 37.1 Å². The quantitative estimate of drug-likeness (QED) is 0.273. The van der Waals surface area contributed by atoms with Gasteiger partial charge in [0, 0.05) is 0 Å². The molecule has 1 aromatic heterocycles. The van der Waals surface area contributed by atoms with Crippen LogP contribution in [0.5, 0.6) is 0 Å². The van der Waals surface area contributed by atoms with Crippen molar-refractivity contribution in [2.75, 3.05) is 19.0 Å². The molecule has 1 aromatic rings. The fourth-order valence-corrected chi connectivity index (χ4v) is 3.28. The highest BCUT2D eigenvalue weighted by atomic mass is 31.1. The number of halogens is 3. The Bertz CT molecular complexity index is 816. The van der Waals surface area contributed by atoms with Crippen molar-refractivity contribution in [2.45, 2.75) is 57.0 Å². The molecule has 0 amide bonds. The summed E-state index contributed by atoms with van der Waals surface area (Å²) in [7, 11) is -0.462. The van der Waals surface area contributed by atoms with Gasteiger partial charge in [-0.2, -0.15) is 4.98 Å². The van der Waals surface area contributed by atoms with Gasteiger partial charge in [-0.3, -0.25) is 14.4 Å². The van der Waals surface area contributed by atoms with Crippen LogP contribution >= 0.6 is 8.96 Å². The average molecular weight is 456 g/mol. The summed E-state index contributed by atoms with van der Waals surface area (Å²) in [5, 5.41) is 12.9. The molecule has 0 aliphatic carbocycles. The Hall–Kier alpha value is -1.79. The Kier molecular flexibility index (Phi) is 8.17. The molecule has 1 saturated heterocycles. The predicted octanol–water partition coefficient (Wildman–Crippen LogP) is 0.355. The van der Waals surface area contributed by atoms with Crippen molar-refractivity contribution in [2.24, 2.45) is 0 Å². The van der Waals surface area contributed by atoms with E-state index >= 15 is 4.39 Å². The smallest absolute Gasteiger partial charge is 0.351 e. The highest BCUT2D eigenvalue weighted by Gasteiger charge is 2.59. The number of esters is 1. The molecule has 1 aliphatic heterocycles. The van der Waals surface area contributed by atoms with Crippen LogP contribution in [0.4, 0.5) is 19.0 Å². The zero-order valence-corrected chi connectivity index (χ0v) is 17.5. The molecule has 30 heavy (non-hydrogen) atoms. The molecule has 2 rings (SSSR count). The Morgan fingerprint density at radius 2 is 2.20 bits per heavy atom. The SMILES string of the molecule is CC(C)OC(=O)C(C)NPOCC1OC(n2cc(F)c(N)nc2=O)C(F)(CF)[C@H]1O. The van der Waals surface area contributed by atoms with Gasteiger partial charge in [0.1, 0.15) is 24.9 Å². The first-order valence-corrected chi connectivity index (χ1v) is 9.87. The number of nitrogens with two attached hydrogens (primary N) is 1. The molecular formula is C16H24F3N4O6P. The van der Waals surface area contributed by atoms with Crippen LogP contribution in [0.3, 0.4) is 0 Å². The van der Waals surface area contributed by atoms with Gasteiger partial charge in [0.15, 0.2) is 17.9 Å². The van der Waals surface area contributed by atoms with Crippen molar-refractivity contribution >= 4 is 20.7 Å². The van der Waals surface area contributed by atoms with E-state index in [1.807, 2.05) is 0 Å². The number of alkyl halides is 2. The number of rotatable bonds is 9. The number of hydrogen-bond donors (Lipinski definition) is 3. The Balaban J connectivity index is 2.02. The molecule has 0 saturated carbocycles. The number of nitrogen functional groups attached to an aromatic ring is 1. The van der Waals surface area contributed by atoms with E-state index in [9.17, 15) is 23.5 Å². The molecule has 4 N–H and O–H groups in total. The minimum atomic E-state index is -3.05. The van der Waals surface area contributed by atoms with Gasteiger partial charge in [0.25, 0.3) is 0 Å². The molecule has 14 heteroatoms. The number of nitrogens with one attached hydrogen (secondary N) is 1. The van der Waals surface area contributed by atoms with Crippen LogP contribution in [0, 0.1) is 5.82 Å². The molecule has 5 unspecified atom stereocenters. The van der Waals surface area contributed by atoms with E-state index < -0.39 is 75.7 Å². The third-order valence-corrected chi connectivity index (χ3v) is 5.11. The number of nitrogens with zero attached hydrogens (tertiary/aromatic N) is 2. The average Bonchev–Trinajstić information content (AvgIpc) is 2.92. The van der Waals surface area contributed by atoms with Gasteiger partial charge in [0.05, 0.1) is 27.9 Å². The topological polar surface area (TPSA) is 138 Å². The lowest BCUT2D eigenvalue weighted by molar-refractivity contribution is -0.148. The van der Waals surface area contributed by atoms with Crippen molar-refractivity contribution in [3.05, 3.63) is 22.5 Å². The lowest BCUT2D eigenvalue weighted by Gasteiger charge is -2.26. The Labute approximate surface area is 171 Å². The van der Waals surface area contributed by atoms with Crippen LogP contribution < -0.4 is 16.5 Å². The summed E-state index contributed by atoms with van der Waals surface area (Å²) in [5.74, 6) is -2.35. The molecule has 0 bridgehead atoms. The number of hydrogen-bond acceptors (Lipinski definition) is 9. The molecule has 0 radical (unpaired) electrons. The minimum absolute atomic E-state index is 0.292. The summed E-state index contributed by atoms with van der Waals surface area (Å²) in [6.07, 6.45) is -5.15. The molecule has 6 atom stereocenters. The van der Waals surface area contributed by atoms with Crippen molar-refractivity contribution in [1.82, 2.24) is 14.6 Å². The minimum Gasteiger partial charge on any atom is -0.462 e. The maximum Gasteiger partial charge on any atom is 0.351 e. The fraction of sp³-hybridized carbons (Fsp3) is 0.688. The number of carbonyl (C=O) groups is 1. The lowest BCUT2D eigenvalue weighted by atomic mass is 9.97. The highest BCUT2D eigenvalue weighted by molar-refractivity contribution is 7.29. The molecule has 1 fully saturated rings. The second-order valence-electron chi connectivity index (χ2n) is 6.96. The zero-order chi connectivity index (χ0) is 22.6. The first-order valence-electron chi connectivity index (χ1n) is 8.96. The molecule has 170 valence electrons. The first-order chi connectivity index (χ1) is 14.0. The summed E-state index contributed by atoms with van der Waals surface area (Å²) in [6.45, 7) is 2.82. The Morgan fingerprint density at radius 3 is 2.80 bits per heavy atom. The van der Waals surface area contributed by atoms with Crippen LogP contribution in [0.1, 0.15) is 27.0 Å². The number of carbonyl (C=O) groups excluding carboxylic acids is 1. The maximum atomic E-state index is 15.1. The van der Waals surface area contributed by atoms with Gasteiger partial charge < -0.3 is 24.8 Å². The third kappa shape index (κ3) is 5.27. The lowest BCUT2D eigenvalue weighted by Crippen LogP contribution is -2.47. The summed E-state index contributed by atoms with van der Waals surface area (Å²) in [5.41, 5.74) is 0.954. The van der Waals surface area contributed by atoms with Crippen LogP contribution in [0.15, 0.2) is 11.0 Å². The summed E-state index contributed by atoms with van der Waals surface area (Å²) in [4.78, 5) is 26.8. The van der Waals surface area contributed by atoms with E-state index in [1.165, 1.54) is 0 Å². The summed E-state index contributed by atoms with van der Waals surface area (Å²) < 4.78 is 58.1. The fourth-order valence-electron chi connectivity index (χ4n) is 2.65. The molecule has 0 spiro atoms. The van der Waals surface area contributed by atoms with Crippen molar-refractivity contribution in [3.63, 3.8) is 0 Å². The zero-order valence-electron chi connectivity index (χ0n) is 16.5. The molecule has 10 nitrogen and oxygen atoms in total. The number of aliphatic hydroxyl groups excluding tert-OH is 1. The van der Waals surface area contributed by atoms with Crippen LogP contribution in [0.2, 0.25) is 0 Å². The monoisotopic (exact) mass is 456 g/mol. The number of aromatic nitrogens is 2. The number of anilines is 1. The molecule has 2 heterocycles. The second kappa shape index (κ2) is 10.0. The standard InChI is InChI=1S/C16H24F3N4O6P/c1-7(2)28-13(25)8(3)22-30-27-5-10-11(24)16(19,6-17)14(29-10)23-4-9(18)12(20)21-15(23)26/h4,7-8,10-11,14,22,24,30H,5-6H2,1-3H3,(H2,20,21,26)/t8?,10?,11-,14?,16?/m0/s1. The molecular weight excluding hydrogens is 432 g/mol. The van der Waals surface area contributed by atoms with E-state index in [4.69, 9.17) is 19.7 Å². The predicted molar refractivity (Wildman–Crippen MR) is 101 cm³/mol. The van der Waals surface area contributed by atoms with Crippen LogP contribution in [0.25, 0.3) is 0 Å². The summed E-state index contributed by atoms with van der Waals surface area (Å²) in [6, 6.07) is -0.693. The normalized spacial score (nSPS) is 27.8. The van der Waals surface area contributed by atoms with E-state index in [0.29, 0.717) is 10.8 Å². The van der Waals surface area contributed by atoms with Gasteiger partial charge >= 0.3 is 11.7 Å². The first kappa shape index (κ1) is 24.5. The molecule has 0 aromatic carbocycles. The van der Waals surface area contributed by atoms with E-state index in [0.717, 1.165) is 0 Å². The molecule has 1 aliphatic rings. The van der Waals surface area contributed by atoms with Gasteiger partial charge in [-0.05, 0) is 20.8 Å². The second-order valence-corrected chi connectivity index (χ2v) is 7.74. The van der Waals surface area contributed by atoms with Gasteiger partial charge in [0.2, 0.25) is 5.67 Å². The van der Waals surface area contributed by atoms with Crippen molar-refractivity contribution in [1.29, 1.82) is 0 Å². The van der Waals surface area contributed by atoms with E-state index in [1.54, 1.807) is 20.8 Å². The number of ether oxygens (including phenoxy) is 2. The maximum absolute atomic E-state index is 15.1. The number of aliphatic hydroxyl groups is 1. The van der Waals surface area contributed by atoms with E-state index in [2.05, 4.69) is 10.1 Å². The van der Waals surface area contributed by atoms with E-state index in [-0.39, 0.29) is 6.10 Å². The van der Waals surface area contributed by atoms with Gasteiger partial charge in [-0.25, -0.2) is 18.0 Å². The summed E-state index contributed by atoms with van der Waals surface area (Å²) >= 11 is 0. The third-order valence-electron chi connectivity index (χ3n) is 4.25. The van der Waals surface area contributed by atoms with Crippen LogP contribution in [-0.2, 0) is 18.8 Å². The largest absolute Gasteiger partial charge is 0.462 e. The van der Waals surface area contributed by atoms with Gasteiger partial charge in [-0.15, -0.1) is 0 Å². The Morgan fingerprint density at radius 1 is 1.53 bits per heavy atom. The van der Waals surface area contributed by atoms with Crippen molar-refractivity contribution in [3.8, 4) is 0 Å². The van der Waals surface area contributed by atoms with Gasteiger partial charge in [-0.1, -0.05) is 0 Å². The van der Waals surface area contributed by atoms with Crippen LogP contribution in [-0.4, -0.2) is 63.9 Å².